The van der Waals surface area contributed by atoms with Gasteiger partial charge in [-0.25, -0.2) is 13.2 Å². The van der Waals surface area contributed by atoms with Crippen LogP contribution in [0, 0.1) is 0 Å². The highest BCUT2D eigenvalue weighted by Gasteiger charge is 2.32. The molecule has 2 aromatic rings. The molecule has 0 aliphatic rings. The minimum Gasteiger partial charge on any atom is -0.480 e. The maximum atomic E-state index is 12.5. The molecule has 9 heteroatoms. The lowest BCUT2D eigenvalue weighted by Gasteiger charge is -2.25. The molecule has 25 heavy (non-hydrogen) atoms. The molecule has 2 rings (SSSR count). The Bertz CT molecular complexity index is 924. The first-order valence-electron chi connectivity index (χ1n) is 7.43. The minimum absolute atomic E-state index is 0.0496. The van der Waals surface area contributed by atoms with Crippen LogP contribution in [0.25, 0.3) is 10.9 Å². The van der Waals surface area contributed by atoms with Crippen LogP contribution >= 0.6 is 0 Å². The van der Waals surface area contributed by atoms with Crippen molar-refractivity contribution in [3.05, 3.63) is 30.5 Å². The molecule has 0 radical (unpaired) electrons. The Morgan fingerprint density at radius 3 is 2.36 bits per heavy atom. The summed E-state index contributed by atoms with van der Waals surface area (Å²) in [6.07, 6.45) is 1.16. The predicted molar refractivity (Wildman–Crippen MR) is 93.1 cm³/mol. The van der Waals surface area contributed by atoms with Gasteiger partial charge in [-0.15, -0.1) is 0 Å². The molecule has 0 spiro atoms. The summed E-state index contributed by atoms with van der Waals surface area (Å²) in [5, 5.41) is 9.48. The van der Waals surface area contributed by atoms with Crippen LogP contribution in [-0.2, 0) is 26.1 Å². The van der Waals surface area contributed by atoms with Crippen LogP contribution in [0.1, 0.15) is 20.8 Å². The monoisotopic (exact) mass is 368 g/mol. The Balaban J connectivity index is 2.66. The molecule has 1 amide bonds. The van der Waals surface area contributed by atoms with E-state index >= 15 is 0 Å². The first-order valence-corrected chi connectivity index (χ1v) is 9.28. The van der Waals surface area contributed by atoms with Crippen molar-refractivity contribution < 1.29 is 27.9 Å². The van der Waals surface area contributed by atoms with Gasteiger partial charge in [0.05, 0.1) is 17.5 Å². The summed E-state index contributed by atoms with van der Waals surface area (Å²) in [4.78, 5) is 23.5. The van der Waals surface area contributed by atoms with Gasteiger partial charge < -0.3 is 14.4 Å². The predicted octanol–water partition coefficient (Wildman–Crippen LogP) is 2.43. The minimum atomic E-state index is -4.00. The first-order chi connectivity index (χ1) is 11.4. The van der Waals surface area contributed by atoms with Gasteiger partial charge in [0.15, 0.2) is 0 Å². The van der Waals surface area contributed by atoms with Crippen LogP contribution in [0.4, 0.5) is 10.5 Å². The number of anilines is 1. The van der Waals surface area contributed by atoms with Crippen molar-refractivity contribution in [2.24, 2.45) is 0 Å². The van der Waals surface area contributed by atoms with Gasteiger partial charge in [-0.05, 0) is 26.8 Å². The van der Waals surface area contributed by atoms with Crippen molar-refractivity contribution in [3.63, 3.8) is 0 Å². The van der Waals surface area contributed by atoms with Gasteiger partial charge in [0.2, 0.25) is 10.0 Å². The number of carbonyl (C=O) groups is 2. The fraction of sp³-hybridized carbons (Fsp3) is 0.375. The highest BCUT2D eigenvalue weighted by Crippen LogP contribution is 2.32. The molecule has 0 aliphatic carbocycles. The number of aliphatic carboxylic acids is 1. The van der Waals surface area contributed by atoms with Gasteiger partial charge in [-0.1, -0.05) is 18.2 Å². The number of sulfonamides is 1. The number of amides is 1. The molecule has 1 aromatic heterocycles. The molecular formula is C16H20N2O6S. The van der Waals surface area contributed by atoms with E-state index in [1.165, 1.54) is 10.8 Å². The number of nitrogens with zero attached hydrogens (tertiary/aromatic N) is 2. The molecule has 1 aromatic carbocycles. The van der Waals surface area contributed by atoms with E-state index in [1.54, 1.807) is 45.0 Å². The fourth-order valence-electron chi connectivity index (χ4n) is 2.38. The highest BCUT2D eigenvalue weighted by atomic mass is 32.2. The third-order valence-corrected chi connectivity index (χ3v) is 4.19. The largest absolute Gasteiger partial charge is 0.480 e. The van der Waals surface area contributed by atoms with Crippen molar-refractivity contribution in [2.45, 2.75) is 32.9 Å². The van der Waals surface area contributed by atoms with Crippen molar-refractivity contribution in [2.75, 3.05) is 10.6 Å². The highest BCUT2D eigenvalue weighted by molar-refractivity contribution is 7.92. The smallest absolute Gasteiger partial charge is 0.428 e. The second-order valence-corrected chi connectivity index (χ2v) is 8.39. The van der Waals surface area contributed by atoms with Crippen LogP contribution in [0.3, 0.4) is 0 Å². The number of ether oxygens (including phenoxy) is 1. The van der Waals surface area contributed by atoms with Crippen molar-refractivity contribution in [1.82, 2.24) is 4.57 Å². The lowest BCUT2D eigenvalue weighted by atomic mass is 10.2. The van der Waals surface area contributed by atoms with E-state index in [2.05, 4.69) is 0 Å². The first kappa shape index (κ1) is 18.8. The standard InChI is InChI=1S/C16H20N2O6S/c1-16(2,3)24-15(21)18(25(4,22)23)13-9-17(10-14(19)20)12-8-6-5-7-11(12)13/h5-9H,10H2,1-4H3,(H,19,20). The van der Waals surface area contributed by atoms with E-state index in [9.17, 15) is 18.0 Å². The number of hydrogen-bond donors (Lipinski definition) is 1. The van der Waals surface area contributed by atoms with E-state index < -0.39 is 27.7 Å². The van der Waals surface area contributed by atoms with E-state index in [4.69, 9.17) is 9.84 Å². The summed E-state index contributed by atoms with van der Waals surface area (Å²) < 4.78 is 31.6. The Labute approximate surface area is 145 Å². The van der Waals surface area contributed by atoms with Crippen molar-refractivity contribution in [3.8, 4) is 0 Å². The zero-order valence-corrected chi connectivity index (χ0v) is 15.2. The molecule has 0 bridgehead atoms. The quantitative estimate of drug-likeness (QED) is 0.888. The van der Waals surface area contributed by atoms with Crippen LogP contribution < -0.4 is 4.31 Å². The third kappa shape index (κ3) is 4.30. The zero-order valence-electron chi connectivity index (χ0n) is 14.4. The van der Waals surface area contributed by atoms with Crippen LogP contribution in [0.2, 0.25) is 0 Å². The molecule has 8 nitrogen and oxygen atoms in total. The number of carboxylic acid groups (broad SMARTS) is 1. The maximum absolute atomic E-state index is 12.5. The number of carboxylic acids is 1. The summed E-state index contributed by atoms with van der Waals surface area (Å²) in [5.74, 6) is -1.09. The van der Waals surface area contributed by atoms with Crippen molar-refractivity contribution in [1.29, 1.82) is 0 Å². The summed E-state index contributed by atoms with van der Waals surface area (Å²) in [6, 6.07) is 6.64. The fourth-order valence-corrected chi connectivity index (χ4v) is 3.19. The van der Waals surface area contributed by atoms with Gasteiger partial charge in [0.1, 0.15) is 12.1 Å². The third-order valence-electron chi connectivity index (χ3n) is 3.18. The average Bonchev–Trinajstić information content (AvgIpc) is 2.73. The maximum Gasteiger partial charge on any atom is 0.428 e. The summed E-state index contributed by atoms with van der Waals surface area (Å²) in [6.45, 7) is 4.50. The van der Waals surface area contributed by atoms with E-state index in [0.717, 1.165) is 6.26 Å². The molecule has 0 aliphatic heterocycles. The van der Waals surface area contributed by atoms with Gasteiger partial charge >= 0.3 is 12.1 Å². The average molecular weight is 368 g/mol. The van der Waals surface area contributed by atoms with Gasteiger partial charge in [-0.3, -0.25) is 4.79 Å². The van der Waals surface area contributed by atoms with Gasteiger partial charge in [0.25, 0.3) is 0 Å². The Kier molecular flexibility index (Phi) is 4.81. The van der Waals surface area contributed by atoms with Gasteiger partial charge in [-0.2, -0.15) is 4.31 Å². The SMILES string of the molecule is CC(C)(C)OC(=O)N(c1cn(CC(=O)O)c2ccccc12)S(C)(=O)=O. The number of rotatable bonds is 4. The Hall–Kier alpha value is -2.55. The normalized spacial score (nSPS) is 12.2. The lowest BCUT2D eigenvalue weighted by molar-refractivity contribution is -0.137. The van der Waals surface area contributed by atoms with Crippen LogP contribution in [-0.4, -0.2) is 42.0 Å². The molecule has 0 saturated carbocycles. The molecule has 136 valence electrons. The Morgan fingerprint density at radius 2 is 1.84 bits per heavy atom. The van der Waals surface area contributed by atoms with E-state index in [1.807, 2.05) is 0 Å². The molecule has 0 fully saturated rings. The number of carbonyl (C=O) groups excluding carboxylic acids is 1. The summed E-state index contributed by atoms with van der Waals surface area (Å²) in [5.41, 5.74) is -0.342. The molecule has 0 saturated heterocycles. The topological polar surface area (TPSA) is 106 Å². The summed E-state index contributed by atoms with van der Waals surface area (Å²) >= 11 is 0. The van der Waals surface area contributed by atoms with Gasteiger partial charge in [0, 0.05) is 11.6 Å². The lowest BCUT2D eigenvalue weighted by Crippen LogP contribution is -2.40. The van der Waals surface area contributed by atoms with Crippen LogP contribution in [0.15, 0.2) is 30.5 Å². The number of fused-ring (bicyclic) bond motifs is 1. The second-order valence-electron chi connectivity index (χ2n) is 6.56. The van der Waals surface area contributed by atoms with E-state index in [0.29, 0.717) is 15.2 Å². The second kappa shape index (κ2) is 6.40. The number of para-hydroxylation sites is 1. The number of benzene rings is 1. The zero-order chi connectivity index (χ0) is 19.0. The molecule has 0 atom stereocenters. The number of hydrogen-bond acceptors (Lipinski definition) is 5. The molecule has 0 unspecified atom stereocenters. The molecule has 1 N–H and O–H groups in total. The number of aromatic nitrogens is 1. The summed E-state index contributed by atoms with van der Waals surface area (Å²) in [7, 11) is -4.00. The molecular weight excluding hydrogens is 348 g/mol. The van der Waals surface area contributed by atoms with Crippen molar-refractivity contribution >= 4 is 38.7 Å². The van der Waals surface area contributed by atoms with E-state index in [-0.39, 0.29) is 12.2 Å². The Morgan fingerprint density at radius 1 is 1.24 bits per heavy atom. The van der Waals surface area contributed by atoms with Crippen LogP contribution in [0.5, 0.6) is 0 Å². The molecule has 1 heterocycles.